The molecule has 5 heteroatoms. The minimum Gasteiger partial charge on any atom is -0.358 e. The highest BCUT2D eigenvalue weighted by Crippen LogP contribution is 2.34. The lowest BCUT2D eigenvalue weighted by molar-refractivity contribution is -0.481. The molecule has 4 nitrogen and oxygen atoms in total. The highest BCUT2D eigenvalue weighted by atomic mass is 79.9. The van der Waals surface area contributed by atoms with Crippen molar-refractivity contribution >= 4 is 26.8 Å². The summed E-state index contributed by atoms with van der Waals surface area (Å²) >= 11 is 3.45. The summed E-state index contributed by atoms with van der Waals surface area (Å²) in [6.45, 7) is 1.85. The van der Waals surface area contributed by atoms with Crippen molar-refractivity contribution < 1.29 is 4.92 Å². The smallest absolute Gasteiger partial charge is 0.214 e. The van der Waals surface area contributed by atoms with Crippen LogP contribution >= 0.6 is 15.9 Å². The molecule has 0 aliphatic carbocycles. The van der Waals surface area contributed by atoms with E-state index in [2.05, 4.69) is 20.9 Å². The lowest BCUT2D eigenvalue weighted by Gasteiger charge is -2.15. The molecule has 1 N–H and O–H groups in total. The van der Waals surface area contributed by atoms with Gasteiger partial charge in [-0.2, -0.15) is 0 Å². The molecule has 1 aromatic heterocycles. The van der Waals surface area contributed by atoms with Crippen LogP contribution in [0.3, 0.4) is 0 Å². The van der Waals surface area contributed by atoms with E-state index in [0.717, 1.165) is 32.2 Å². The van der Waals surface area contributed by atoms with Crippen LogP contribution in [0.5, 0.6) is 0 Å². The Labute approximate surface area is 136 Å². The van der Waals surface area contributed by atoms with Crippen molar-refractivity contribution in [2.75, 3.05) is 6.54 Å². The van der Waals surface area contributed by atoms with Crippen LogP contribution in [0.2, 0.25) is 0 Å². The van der Waals surface area contributed by atoms with Crippen molar-refractivity contribution in [2.45, 2.75) is 12.8 Å². The lowest BCUT2D eigenvalue weighted by atomic mass is 9.89. The third kappa shape index (κ3) is 2.76. The zero-order valence-corrected chi connectivity index (χ0v) is 13.6. The van der Waals surface area contributed by atoms with Crippen molar-refractivity contribution in [3.63, 3.8) is 0 Å². The van der Waals surface area contributed by atoms with E-state index >= 15 is 0 Å². The summed E-state index contributed by atoms with van der Waals surface area (Å²) < 4.78 is 0.927. The first-order valence-corrected chi connectivity index (χ1v) is 7.80. The Morgan fingerprint density at radius 2 is 2.00 bits per heavy atom. The largest absolute Gasteiger partial charge is 0.358 e. The van der Waals surface area contributed by atoms with Gasteiger partial charge in [0.15, 0.2) is 0 Å². The van der Waals surface area contributed by atoms with Crippen LogP contribution in [-0.4, -0.2) is 16.5 Å². The molecule has 2 aromatic carbocycles. The maximum atomic E-state index is 11.2. The number of hydrogen-bond acceptors (Lipinski definition) is 2. The van der Waals surface area contributed by atoms with Gasteiger partial charge in [-0.1, -0.05) is 46.3 Å². The summed E-state index contributed by atoms with van der Waals surface area (Å²) in [7, 11) is 0. The van der Waals surface area contributed by atoms with Gasteiger partial charge < -0.3 is 4.98 Å². The Morgan fingerprint density at radius 1 is 1.23 bits per heavy atom. The van der Waals surface area contributed by atoms with Gasteiger partial charge in [-0.15, -0.1) is 0 Å². The van der Waals surface area contributed by atoms with E-state index in [-0.39, 0.29) is 17.4 Å². The Hall–Kier alpha value is -2.14. The second-order valence-corrected chi connectivity index (χ2v) is 6.25. The number of halogens is 1. The number of nitrogens with zero attached hydrogens (tertiary/aromatic N) is 1. The molecule has 0 bridgehead atoms. The van der Waals surface area contributed by atoms with Gasteiger partial charge in [0.1, 0.15) is 0 Å². The van der Waals surface area contributed by atoms with Crippen LogP contribution in [0.15, 0.2) is 53.0 Å². The fourth-order valence-corrected chi connectivity index (χ4v) is 3.40. The molecule has 0 aliphatic rings. The number of aryl methyl sites for hydroxylation is 1. The van der Waals surface area contributed by atoms with E-state index in [1.165, 1.54) is 0 Å². The monoisotopic (exact) mass is 358 g/mol. The number of benzene rings is 2. The first kappa shape index (κ1) is 14.8. The summed E-state index contributed by atoms with van der Waals surface area (Å²) in [5.74, 6) is -0.274. The van der Waals surface area contributed by atoms with Crippen LogP contribution in [0.1, 0.15) is 22.7 Å². The van der Waals surface area contributed by atoms with E-state index < -0.39 is 0 Å². The van der Waals surface area contributed by atoms with E-state index in [9.17, 15) is 10.1 Å². The predicted octanol–water partition coefficient (Wildman–Crippen LogP) is 4.65. The van der Waals surface area contributed by atoms with Gasteiger partial charge in [-0.25, -0.2) is 0 Å². The normalized spacial score (nSPS) is 12.5. The third-order valence-corrected chi connectivity index (χ3v) is 4.37. The summed E-state index contributed by atoms with van der Waals surface area (Å²) in [6.07, 6.45) is 0. The van der Waals surface area contributed by atoms with Gasteiger partial charge in [-0.3, -0.25) is 10.1 Å². The zero-order chi connectivity index (χ0) is 15.7. The maximum Gasteiger partial charge on any atom is 0.214 e. The Kier molecular flexibility index (Phi) is 3.98. The Bertz CT molecular complexity index is 842. The summed E-state index contributed by atoms with van der Waals surface area (Å²) in [4.78, 5) is 14.3. The standard InChI is InChI=1S/C17H15BrN2O2/c1-11-17(14-7-2-3-8-16(14)19-11)15(10-20(21)22)12-5-4-6-13(18)9-12/h2-9,15,19H,10H2,1H3. The molecule has 22 heavy (non-hydrogen) atoms. The number of nitrogens with one attached hydrogen (secondary N) is 1. The van der Waals surface area contributed by atoms with Crippen molar-refractivity contribution in [1.29, 1.82) is 0 Å². The Balaban J connectivity index is 2.20. The number of para-hydroxylation sites is 1. The predicted molar refractivity (Wildman–Crippen MR) is 90.9 cm³/mol. The molecule has 0 saturated carbocycles. The second kappa shape index (κ2) is 5.93. The minimum absolute atomic E-state index is 0.126. The topological polar surface area (TPSA) is 58.9 Å². The van der Waals surface area contributed by atoms with Gasteiger partial charge in [-0.05, 0) is 36.2 Å². The molecule has 1 unspecified atom stereocenters. The molecule has 0 spiro atoms. The fraction of sp³-hybridized carbons (Fsp3) is 0.176. The van der Waals surface area contributed by atoms with Gasteiger partial charge in [0, 0.05) is 26.0 Å². The lowest BCUT2D eigenvalue weighted by Crippen LogP contribution is -2.14. The summed E-state index contributed by atoms with van der Waals surface area (Å²) in [5.41, 5.74) is 3.94. The molecule has 0 aliphatic heterocycles. The van der Waals surface area contributed by atoms with Crippen molar-refractivity contribution in [2.24, 2.45) is 0 Å². The van der Waals surface area contributed by atoms with Crippen LogP contribution in [0, 0.1) is 17.0 Å². The van der Waals surface area contributed by atoms with Crippen LogP contribution in [0.4, 0.5) is 0 Å². The van der Waals surface area contributed by atoms with E-state index in [0.29, 0.717) is 0 Å². The van der Waals surface area contributed by atoms with Crippen LogP contribution in [-0.2, 0) is 0 Å². The highest BCUT2D eigenvalue weighted by Gasteiger charge is 2.25. The van der Waals surface area contributed by atoms with Gasteiger partial charge in [0.2, 0.25) is 6.54 Å². The average molecular weight is 359 g/mol. The summed E-state index contributed by atoms with van der Waals surface area (Å²) in [5, 5.41) is 12.2. The van der Waals surface area contributed by atoms with E-state index in [1.807, 2.05) is 55.5 Å². The van der Waals surface area contributed by atoms with Crippen LogP contribution in [0.25, 0.3) is 10.9 Å². The highest BCUT2D eigenvalue weighted by molar-refractivity contribution is 9.10. The molecule has 3 rings (SSSR count). The number of aromatic amines is 1. The molecule has 1 heterocycles. The minimum atomic E-state index is -0.274. The third-order valence-electron chi connectivity index (χ3n) is 3.87. The Morgan fingerprint density at radius 3 is 2.73 bits per heavy atom. The van der Waals surface area contributed by atoms with Crippen molar-refractivity contribution in [1.82, 2.24) is 4.98 Å². The first-order valence-electron chi connectivity index (χ1n) is 7.00. The number of nitro groups is 1. The number of H-pyrrole nitrogens is 1. The molecule has 112 valence electrons. The molecule has 0 fully saturated rings. The van der Waals surface area contributed by atoms with Crippen LogP contribution < -0.4 is 0 Å². The molecular formula is C17H15BrN2O2. The molecule has 0 radical (unpaired) electrons. The maximum absolute atomic E-state index is 11.2. The molecular weight excluding hydrogens is 344 g/mol. The quantitative estimate of drug-likeness (QED) is 0.545. The zero-order valence-electron chi connectivity index (χ0n) is 12.0. The molecule has 0 amide bonds. The first-order chi connectivity index (χ1) is 10.6. The molecule has 1 atom stereocenters. The fourth-order valence-electron chi connectivity index (χ4n) is 2.98. The summed E-state index contributed by atoms with van der Waals surface area (Å²) in [6, 6.07) is 15.7. The number of hydrogen-bond donors (Lipinski definition) is 1. The molecule has 3 aromatic rings. The second-order valence-electron chi connectivity index (χ2n) is 5.33. The van der Waals surface area contributed by atoms with Gasteiger partial charge in [0.25, 0.3) is 0 Å². The van der Waals surface area contributed by atoms with E-state index in [4.69, 9.17) is 0 Å². The number of rotatable bonds is 4. The number of fused-ring (bicyclic) bond motifs is 1. The molecule has 0 saturated heterocycles. The van der Waals surface area contributed by atoms with Gasteiger partial charge in [0.05, 0.1) is 5.92 Å². The average Bonchev–Trinajstić information content (AvgIpc) is 2.80. The van der Waals surface area contributed by atoms with Gasteiger partial charge >= 0.3 is 0 Å². The van der Waals surface area contributed by atoms with Crippen molar-refractivity contribution in [3.05, 3.63) is 79.9 Å². The van der Waals surface area contributed by atoms with Crippen molar-refractivity contribution in [3.8, 4) is 0 Å². The SMILES string of the molecule is Cc1[nH]c2ccccc2c1C(C[N+](=O)[O-])c1cccc(Br)c1. The number of aromatic nitrogens is 1. The van der Waals surface area contributed by atoms with E-state index in [1.54, 1.807) is 0 Å².